The van der Waals surface area contributed by atoms with E-state index in [9.17, 15) is 9.59 Å². The monoisotopic (exact) mass is 459 g/mol. The maximum absolute atomic E-state index is 13.5. The molecular formula is C25H21N3O4S. The number of anilines is 1. The van der Waals surface area contributed by atoms with Crippen molar-refractivity contribution in [2.45, 2.75) is 26.8 Å². The van der Waals surface area contributed by atoms with Crippen molar-refractivity contribution >= 4 is 29.0 Å². The van der Waals surface area contributed by atoms with E-state index in [1.54, 1.807) is 37.7 Å². The number of aromatic nitrogens is 1. The topological polar surface area (TPSA) is 89.7 Å². The first kappa shape index (κ1) is 21.0. The summed E-state index contributed by atoms with van der Waals surface area (Å²) in [5, 5.41) is 2.98. The standard InChI is InChI=1S/C25H21N3O4S/c1-14-6-4-5-7-18(14)27-23(29)21-16(3)26-25-28(22(21)19-9-8-15(2)32-19)24(30)20(33-25)12-17-10-11-31-13-17/h4-13,22H,1-3H3,(H,27,29)/t22-/m1/s1. The number of aryl methyl sites for hydroxylation is 2. The zero-order chi connectivity index (χ0) is 23.1. The molecule has 166 valence electrons. The van der Waals surface area contributed by atoms with Gasteiger partial charge in [0, 0.05) is 11.3 Å². The number of hydrogen-bond donors (Lipinski definition) is 1. The second-order valence-corrected chi connectivity index (χ2v) is 8.87. The van der Waals surface area contributed by atoms with Crippen molar-refractivity contribution in [2.24, 2.45) is 4.99 Å². The van der Waals surface area contributed by atoms with Gasteiger partial charge in [0.15, 0.2) is 4.80 Å². The number of fused-ring (bicyclic) bond motifs is 1. The van der Waals surface area contributed by atoms with Gasteiger partial charge in [0.2, 0.25) is 0 Å². The fourth-order valence-electron chi connectivity index (χ4n) is 3.89. The molecule has 1 aliphatic rings. The van der Waals surface area contributed by atoms with Gasteiger partial charge in [-0.05, 0) is 56.7 Å². The Hall–Kier alpha value is -3.91. The Balaban J connectivity index is 1.67. The Bertz CT molecular complexity index is 1570. The summed E-state index contributed by atoms with van der Waals surface area (Å²) >= 11 is 1.27. The number of amides is 1. The van der Waals surface area contributed by atoms with Crippen LogP contribution in [-0.4, -0.2) is 10.5 Å². The van der Waals surface area contributed by atoms with Gasteiger partial charge in [0.25, 0.3) is 11.5 Å². The van der Waals surface area contributed by atoms with Gasteiger partial charge >= 0.3 is 0 Å². The molecule has 1 N–H and O–H groups in total. The minimum Gasteiger partial charge on any atom is -0.472 e. The molecule has 0 bridgehead atoms. The largest absolute Gasteiger partial charge is 0.472 e. The third kappa shape index (κ3) is 3.78. The molecule has 0 unspecified atom stereocenters. The van der Waals surface area contributed by atoms with E-state index in [4.69, 9.17) is 8.83 Å². The molecule has 33 heavy (non-hydrogen) atoms. The van der Waals surface area contributed by atoms with Crippen LogP contribution in [0.4, 0.5) is 5.69 Å². The molecule has 1 atom stereocenters. The van der Waals surface area contributed by atoms with Crippen LogP contribution in [-0.2, 0) is 4.79 Å². The SMILES string of the molecule is CC1=C(C(=O)Nc2ccccc2C)[C@@H](c2ccc(C)o2)n2c(sc(=Cc3ccoc3)c2=O)=N1. The Labute approximate surface area is 193 Å². The van der Waals surface area contributed by atoms with Gasteiger partial charge in [-0.2, -0.15) is 0 Å². The molecule has 1 aromatic carbocycles. The lowest BCUT2D eigenvalue weighted by molar-refractivity contribution is -0.113. The van der Waals surface area contributed by atoms with Crippen molar-refractivity contribution < 1.29 is 13.6 Å². The molecule has 0 aliphatic carbocycles. The molecule has 5 rings (SSSR count). The lowest BCUT2D eigenvalue weighted by Gasteiger charge is -2.23. The van der Waals surface area contributed by atoms with Crippen molar-refractivity contribution in [3.8, 4) is 0 Å². The van der Waals surface area contributed by atoms with Gasteiger partial charge in [0.05, 0.1) is 28.3 Å². The summed E-state index contributed by atoms with van der Waals surface area (Å²) in [7, 11) is 0. The molecule has 3 aromatic heterocycles. The number of carbonyl (C=O) groups is 1. The lowest BCUT2D eigenvalue weighted by atomic mass is 10.00. The van der Waals surface area contributed by atoms with Crippen LogP contribution in [0.25, 0.3) is 6.08 Å². The summed E-state index contributed by atoms with van der Waals surface area (Å²) in [5.74, 6) is 0.875. The van der Waals surface area contributed by atoms with Crippen molar-refractivity contribution in [3.63, 3.8) is 0 Å². The highest BCUT2D eigenvalue weighted by molar-refractivity contribution is 7.07. The van der Waals surface area contributed by atoms with E-state index < -0.39 is 6.04 Å². The third-order valence-electron chi connectivity index (χ3n) is 5.53. The Kier molecular flexibility index (Phi) is 5.22. The molecule has 1 aliphatic heterocycles. The number of benzene rings is 1. The van der Waals surface area contributed by atoms with Gasteiger partial charge in [-0.3, -0.25) is 14.2 Å². The Morgan fingerprint density at radius 3 is 2.67 bits per heavy atom. The van der Waals surface area contributed by atoms with Gasteiger partial charge in [-0.25, -0.2) is 4.99 Å². The van der Waals surface area contributed by atoms with E-state index in [0.717, 1.165) is 11.1 Å². The number of nitrogens with zero attached hydrogens (tertiary/aromatic N) is 2. The summed E-state index contributed by atoms with van der Waals surface area (Å²) in [6.45, 7) is 5.54. The first-order valence-electron chi connectivity index (χ1n) is 10.4. The normalized spacial score (nSPS) is 16.0. The molecule has 0 spiro atoms. The average Bonchev–Trinajstić information content (AvgIpc) is 3.51. The predicted octanol–water partition coefficient (Wildman–Crippen LogP) is 3.68. The second kappa shape index (κ2) is 8.22. The van der Waals surface area contributed by atoms with Crippen LogP contribution in [0.3, 0.4) is 0 Å². The minimum absolute atomic E-state index is 0.243. The van der Waals surface area contributed by atoms with Crippen LogP contribution in [0.2, 0.25) is 0 Å². The molecular weight excluding hydrogens is 438 g/mol. The highest BCUT2D eigenvalue weighted by Crippen LogP contribution is 2.32. The van der Waals surface area contributed by atoms with E-state index in [2.05, 4.69) is 10.3 Å². The van der Waals surface area contributed by atoms with Crippen LogP contribution in [0, 0.1) is 13.8 Å². The number of hydrogen-bond acceptors (Lipinski definition) is 6. The molecule has 0 saturated heterocycles. The van der Waals surface area contributed by atoms with Gasteiger partial charge < -0.3 is 14.2 Å². The zero-order valence-corrected chi connectivity index (χ0v) is 19.1. The number of carbonyl (C=O) groups excluding carboxylic acids is 1. The first-order valence-corrected chi connectivity index (χ1v) is 11.2. The second-order valence-electron chi connectivity index (χ2n) is 7.86. The number of allylic oxidation sites excluding steroid dienone is 1. The molecule has 0 radical (unpaired) electrons. The summed E-state index contributed by atoms with van der Waals surface area (Å²) in [6.07, 6.45) is 4.87. The zero-order valence-electron chi connectivity index (χ0n) is 18.3. The third-order valence-corrected chi connectivity index (χ3v) is 6.51. The van der Waals surface area contributed by atoms with Crippen molar-refractivity contribution in [2.75, 3.05) is 5.32 Å². The first-order chi connectivity index (χ1) is 15.9. The average molecular weight is 460 g/mol. The maximum atomic E-state index is 13.5. The van der Waals surface area contributed by atoms with Crippen LogP contribution in [0.15, 0.2) is 84.9 Å². The minimum atomic E-state index is -0.731. The summed E-state index contributed by atoms with van der Waals surface area (Å²) in [5.41, 5.74) is 3.08. The number of furan rings is 2. The Morgan fingerprint density at radius 2 is 1.97 bits per heavy atom. The van der Waals surface area contributed by atoms with Crippen LogP contribution >= 0.6 is 11.3 Å². The molecule has 4 aromatic rings. The van der Waals surface area contributed by atoms with Crippen molar-refractivity contribution in [1.82, 2.24) is 4.57 Å². The summed E-state index contributed by atoms with van der Waals surface area (Å²) in [6, 6.07) is 12.2. The predicted molar refractivity (Wildman–Crippen MR) is 126 cm³/mol. The van der Waals surface area contributed by atoms with E-state index >= 15 is 0 Å². The quantitative estimate of drug-likeness (QED) is 0.504. The molecule has 0 saturated carbocycles. The van der Waals surface area contributed by atoms with E-state index in [1.165, 1.54) is 15.9 Å². The van der Waals surface area contributed by atoms with Crippen molar-refractivity contribution in [3.05, 3.63) is 109 Å². The summed E-state index contributed by atoms with van der Waals surface area (Å²) in [4.78, 5) is 32.1. The molecule has 1 amide bonds. The molecule has 7 nitrogen and oxygen atoms in total. The highest BCUT2D eigenvalue weighted by Gasteiger charge is 2.34. The number of para-hydroxylation sites is 1. The molecule has 8 heteroatoms. The van der Waals surface area contributed by atoms with E-state index in [1.807, 2.05) is 44.2 Å². The fraction of sp³-hybridized carbons (Fsp3) is 0.160. The summed E-state index contributed by atoms with van der Waals surface area (Å²) < 4.78 is 13.1. The van der Waals surface area contributed by atoms with Gasteiger partial charge in [-0.15, -0.1) is 0 Å². The maximum Gasteiger partial charge on any atom is 0.271 e. The molecule has 4 heterocycles. The lowest BCUT2D eigenvalue weighted by Crippen LogP contribution is -2.40. The van der Waals surface area contributed by atoms with Crippen LogP contribution in [0.5, 0.6) is 0 Å². The van der Waals surface area contributed by atoms with Crippen molar-refractivity contribution in [1.29, 1.82) is 0 Å². The fourth-order valence-corrected chi connectivity index (χ4v) is 4.94. The smallest absolute Gasteiger partial charge is 0.271 e. The number of rotatable bonds is 4. The van der Waals surface area contributed by atoms with E-state index in [-0.39, 0.29) is 11.5 Å². The number of thiazole rings is 1. The Morgan fingerprint density at radius 1 is 1.15 bits per heavy atom. The van der Waals surface area contributed by atoms with E-state index in [0.29, 0.717) is 37.8 Å². The van der Waals surface area contributed by atoms with Gasteiger partial charge in [0.1, 0.15) is 17.6 Å². The number of nitrogens with one attached hydrogen (secondary N) is 1. The van der Waals surface area contributed by atoms with Crippen LogP contribution < -0.4 is 20.2 Å². The van der Waals surface area contributed by atoms with Crippen LogP contribution in [0.1, 0.15) is 35.6 Å². The van der Waals surface area contributed by atoms with Gasteiger partial charge in [-0.1, -0.05) is 29.5 Å². The highest BCUT2D eigenvalue weighted by atomic mass is 32.1. The molecule has 0 fully saturated rings.